The predicted octanol–water partition coefficient (Wildman–Crippen LogP) is 4.65. The van der Waals surface area contributed by atoms with Crippen molar-refractivity contribution in [1.29, 1.82) is 5.26 Å². The first-order valence-corrected chi connectivity index (χ1v) is 9.34. The number of methoxy groups -OCH3 is 1. The van der Waals surface area contributed by atoms with Gasteiger partial charge in [-0.1, -0.05) is 13.8 Å². The van der Waals surface area contributed by atoms with Gasteiger partial charge in [-0.15, -0.1) is 0 Å². The Kier molecular flexibility index (Phi) is 7.77. The Balaban J connectivity index is 2.14. The van der Waals surface area contributed by atoms with Gasteiger partial charge in [0.25, 0.3) is 0 Å². The van der Waals surface area contributed by atoms with Crippen molar-refractivity contribution >= 4 is 28.0 Å². The molecule has 0 radical (unpaired) electrons. The van der Waals surface area contributed by atoms with Gasteiger partial charge < -0.3 is 9.47 Å². The molecule has 0 bridgehead atoms. The lowest BCUT2D eigenvalue weighted by Crippen LogP contribution is -2.05. The first kappa shape index (κ1) is 20.9. The number of hydrogen-bond acceptors (Lipinski definition) is 6. The van der Waals surface area contributed by atoms with Crippen LogP contribution >= 0.6 is 15.9 Å². The SMILES string of the molecule is COCc1cc(C)nc(N/N=C\c2ccc(OCC(C)C)c(Br)c2)c1C#N. The van der Waals surface area contributed by atoms with Crippen LogP contribution in [-0.2, 0) is 11.3 Å². The molecule has 0 fully saturated rings. The number of ether oxygens (including phenoxy) is 2. The zero-order valence-corrected chi connectivity index (χ0v) is 17.5. The Labute approximate surface area is 168 Å². The van der Waals surface area contributed by atoms with Crippen molar-refractivity contribution < 1.29 is 9.47 Å². The molecular formula is C20H23BrN4O2. The molecule has 0 aliphatic heterocycles. The van der Waals surface area contributed by atoms with E-state index in [4.69, 9.17) is 9.47 Å². The number of rotatable bonds is 8. The van der Waals surface area contributed by atoms with Crippen LogP contribution in [0, 0.1) is 24.2 Å². The van der Waals surface area contributed by atoms with Gasteiger partial charge >= 0.3 is 0 Å². The van der Waals surface area contributed by atoms with Crippen molar-refractivity contribution in [2.45, 2.75) is 27.4 Å². The standard InChI is InChI=1S/C20H23BrN4O2/c1-13(2)11-27-19-6-5-15(8-18(19)21)10-23-25-20-17(9-22)16(12-26-4)7-14(3)24-20/h5-8,10,13H,11-12H2,1-4H3,(H,24,25)/b23-10-. The zero-order valence-electron chi connectivity index (χ0n) is 15.9. The third kappa shape index (κ3) is 6.05. The third-order valence-electron chi connectivity index (χ3n) is 3.55. The van der Waals surface area contributed by atoms with E-state index in [2.05, 4.69) is 51.4 Å². The normalized spacial score (nSPS) is 11.0. The summed E-state index contributed by atoms with van der Waals surface area (Å²) in [6.45, 7) is 7.08. The summed E-state index contributed by atoms with van der Waals surface area (Å²) < 4.78 is 11.8. The largest absolute Gasteiger partial charge is 0.492 e. The highest BCUT2D eigenvalue weighted by Crippen LogP contribution is 2.26. The number of aromatic nitrogens is 1. The van der Waals surface area contributed by atoms with Gasteiger partial charge in [-0.2, -0.15) is 10.4 Å². The number of hydrazone groups is 1. The molecule has 0 saturated carbocycles. The average Bonchev–Trinajstić information content (AvgIpc) is 2.61. The molecule has 0 aliphatic carbocycles. The van der Waals surface area contributed by atoms with Gasteiger partial charge in [0.15, 0.2) is 5.82 Å². The molecule has 1 N–H and O–H groups in total. The number of benzene rings is 1. The molecule has 1 aromatic carbocycles. The minimum atomic E-state index is 0.343. The summed E-state index contributed by atoms with van der Waals surface area (Å²) in [4.78, 5) is 4.36. The van der Waals surface area contributed by atoms with Crippen LogP contribution in [0.2, 0.25) is 0 Å². The second-order valence-electron chi connectivity index (χ2n) is 6.46. The number of aryl methyl sites for hydroxylation is 1. The predicted molar refractivity (Wildman–Crippen MR) is 110 cm³/mol. The fourth-order valence-electron chi connectivity index (χ4n) is 2.35. The first-order valence-electron chi connectivity index (χ1n) is 8.55. The number of anilines is 1. The van der Waals surface area contributed by atoms with Gasteiger partial charge in [0.05, 0.1) is 23.9 Å². The van der Waals surface area contributed by atoms with Crippen LogP contribution in [0.5, 0.6) is 5.75 Å². The van der Waals surface area contributed by atoms with Gasteiger partial charge in [0.2, 0.25) is 0 Å². The number of pyridine rings is 1. The Bertz CT molecular complexity index is 860. The van der Waals surface area contributed by atoms with Crippen molar-refractivity contribution in [2.24, 2.45) is 11.0 Å². The summed E-state index contributed by atoms with van der Waals surface area (Å²) in [6.07, 6.45) is 1.66. The lowest BCUT2D eigenvalue weighted by molar-refractivity contribution is 0.184. The Morgan fingerprint density at radius 3 is 2.78 bits per heavy atom. The van der Waals surface area contributed by atoms with E-state index in [9.17, 15) is 5.26 Å². The van der Waals surface area contributed by atoms with Gasteiger partial charge in [-0.3, -0.25) is 5.43 Å². The van der Waals surface area contributed by atoms with Crippen LogP contribution in [0.1, 0.15) is 36.2 Å². The molecule has 0 amide bonds. The van der Waals surface area contributed by atoms with Gasteiger partial charge in [0.1, 0.15) is 17.4 Å². The van der Waals surface area contributed by atoms with E-state index in [-0.39, 0.29) is 0 Å². The van der Waals surface area contributed by atoms with Crippen molar-refractivity contribution in [3.05, 3.63) is 51.1 Å². The van der Waals surface area contributed by atoms with E-state index in [0.717, 1.165) is 27.0 Å². The molecule has 27 heavy (non-hydrogen) atoms. The van der Waals surface area contributed by atoms with E-state index >= 15 is 0 Å². The highest BCUT2D eigenvalue weighted by molar-refractivity contribution is 9.10. The fraction of sp³-hybridized carbons (Fsp3) is 0.350. The zero-order chi connectivity index (χ0) is 19.8. The van der Waals surface area contributed by atoms with Gasteiger partial charge in [-0.25, -0.2) is 4.98 Å². The second-order valence-corrected chi connectivity index (χ2v) is 7.31. The van der Waals surface area contributed by atoms with Crippen LogP contribution in [0.4, 0.5) is 5.82 Å². The van der Waals surface area contributed by atoms with Gasteiger partial charge in [-0.05, 0) is 58.6 Å². The molecule has 0 saturated heterocycles. The Morgan fingerprint density at radius 2 is 2.15 bits per heavy atom. The average molecular weight is 431 g/mol. The van der Waals surface area contributed by atoms with E-state index in [1.807, 2.05) is 31.2 Å². The first-order chi connectivity index (χ1) is 12.9. The summed E-state index contributed by atoms with van der Waals surface area (Å²) in [5.41, 5.74) is 5.74. The Morgan fingerprint density at radius 1 is 1.37 bits per heavy atom. The number of hydrogen-bond donors (Lipinski definition) is 1. The van der Waals surface area contributed by atoms with Crippen LogP contribution in [-0.4, -0.2) is 24.9 Å². The molecule has 0 unspecified atom stereocenters. The fourth-order valence-corrected chi connectivity index (χ4v) is 2.87. The molecule has 0 spiro atoms. The summed E-state index contributed by atoms with van der Waals surface area (Å²) in [5.74, 6) is 1.67. The minimum absolute atomic E-state index is 0.343. The molecular weight excluding hydrogens is 408 g/mol. The van der Waals surface area contributed by atoms with E-state index in [1.165, 1.54) is 0 Å². The highest BCUT2D eigenvalue weighted by Gasteiger charge is 2.11. The quantitative estimate of drug-likeness (QED) is 0.486. The molecule has 7 heteroatoms. The maximum atomic E-state index is 9.43. The monoisotopic (exact) mass is 430 g/mol. The number of nitrogens with one attached hydrogen (secondary N) is 1. The molecule has 0 atom stereocenters. The Hall–Kier alpha value is -2.43. The molecule has 0 aliphatic rings. The van der Waals surface area contributed by atoms with Gasteiger partial charge in [0, 0.05) is 18.4 Å². The molecule has 142 valence electrons. The second kappa shape index (κ2) is 10.0. The molecule has 2 aromatic rings. The lowest BCUT2D eigenvalue weighted by Gasteiger charge is -2.11. The minimum Gasteiger partial charge on any atom is -0.492 e. The maximum Gasteiger partial charge on any atom is 0.164 e. The smallest absolute Gasteiger partial charge is 0.164 e. The van der Waals surface area contributed by atoms with E-state index in [0.29, 0.717) is 30.5 Å². The summed E-state index contributed by atoms with van der Waals surface area (Å²) in [6, 6.07) is 9.73. The summed E-state index contributed by atoms with van der Waals surface area (Å²) >= 11 is 3.52. The summed E-state index contributed by atoms with van der Waals surface area (Å²) in [5, 5.41) is 13.6. The van der Waals surface area contributed by atoms with Crippen LogP contribution in [0.3, 0.4) is 0 Å². The van der Waals surface area contributed by atoms with Crippen LogP contribution in [0.15, 0.2) is 33.8 Å². The molecule has 6 nitrogen and oxygen atoms in total. The molecule has 2 rings (SSSR count). The van der Waals surface area contributed by atoms with Crippen molar-refractivity contribution in [3.8, 4) is 11.8 Å². The molecule has 1 aromatic heterocycles. The summed E-state index contributed by atoms with van der Waals surface area (Å²) in [7, 11) is 1.59. The van der Waals surface area contributed by atoms with Crippen LogP contribution in [0.25, 0.3) is 0 Å². The van der Waals surface area contributed by atoms with E-state index in [1.54, 1.807) is 13.3 Å². The van der Waals surface area contributed by atoms with Crippen molar-refractivity contribution in [2.75, 3.05) is 19.1 Å². The third-order valence-corrected chi connectivity index (χ3v) is 4.17. The van der Waals surface area contributed by atoms with Crippen molar-refractivity contribution in [3.63, 3.8) is 0 Å². The van der Waals surface area contributed by atoms with Crippen molar-refractivity contribution in [1.82, 2.24) is 4.98 Å². The molecule has 1 heterocycles. The maximum absolute atomic E-state index is 9.43. The number of nitriles is 1. The number of nitrogens with zero attached hydrogens (tertiary/aromatic N) is 3. The highest BCUT2D eigenvalue weighted by atomic mass is 79.9. The lowest BCUT2D eigenvalue weighted by atomic mass is 10.1. The topological polar surface area (TPSA) is 79.5 Å². The number of halogens is 1. The van der Waals surface area contributed by atoms with Crippen LogP contribution < -0.4 is 10.2 Å². The van der Waals surface area contributed by atoms with E-state index < -0.39 is 0 Å².